The molecule has 0 saturated heterocycles. The zero-order valence-corrected chi connectivity index (χ0v) is 14.0. The summed E-state index contributed by atoms with van der Waals surface area (Å²) in [4.78, 5) is 18.7. The third kappa shape index (κ3) is 5.73. The number of hydrogen-bond acceptors (Lipinski definition) is 4. The predicted molar refractivity (Wildman–Crippen MR) is 91.1 cm³/mol. The number of hydrogen-bond donors (Lipinski definition) is 1. The maximum absolute atomic E-state index is 11.5. The summed E-state index contributed by atoms with van der Waals surface area (Å²) in [6, 6.07) is 8.88. The number of aryl methyl sites for hydroxylation is 1. The fourth-order valence-corrected chi connectivity index (χ4v) is 2.82. The molecule has 4 nitrogen and oxygen atoms in total. The number of thioether (sulfide) groups is 1. The van der Waals surface area contributed by atoms with E-state index >= 15 is 0 Å². The van der Waals surface area contributed by atoms with Crippen molar-refractivity contribution in [1.82, 2.24) is 9.97 Å². The quantitative estimate of drug-likeness (QED) is 0.450. The molecule has 2 aromatic rings. The fourth-order valence-electron chi connectivity index (χ4n) is 1.88. The van der Waals surface area contributed by atoms with Gasteiger partial charge in [0, 0.05) is 22.5 Å². The highest BCUT2D eigenvalue weighted by Crippen LogP contribution is 2.17. The van der Waals surface area contributed by atoms with E-state index in [1.807, 2.05) is 12.1 Å². The molecule has 1 aromatic heterocycles. The smallest absolute Gasteiger partial charge is 0.251 e. The lowest BCUT2D eigenvalue weighted by Crippen LogP contribution is -2.10. The average Bonchev–Trinajstić information content (AvgIpc) is 2.49. The molecule has 22 heavy (non-hydrogen) atoms. The number of aromatic amines is 1. The van der Waals surface area contributed by atoms with Gasteiger partial charge in [0.2, 0.25) is 0 Å². The Morgan fingerprint density at radius 1 is 1.32 bits per heavy atom. The number of halogens is 1. The normalized spacial score (nSPS) is 10.6. The van der Waals surface area contributed by atoms with Gasteiger partial charge in [-0.2, -0.15) is 0 Å². The fraction of sp³-hybridized carbons (Fsp3) is 0.375. The van der Waals surface area contributed by atoms with Crippen molar-refractivity contribution in [3.63, 3.8) is 0 Å². The number of nitrogens with one attached hydrogen (secondary N) is 1. The van der Waals surface area contributed by atoms with Gasteiger partial charge in [-0.25, -0.2) is 4.98 Å². The first-order valence-electron chi connectivity index (χ1n) is 7.29. The molecule has 0 radical (unpaired) electrons. The molecule has 0 unspecified atom stereocenters. The van der Waals surface area contributed by atoms with Gasteiger partial charge in [-0.15, -0.1) is 0 Å². The van der Waals surface area contributed by atoms with Crippen molar-refractivity contribution < 1.29 is 4.74 Å². The number of aromatic nitrogens is 2. The van der Waals surface area contributed by atoms with Gasteiger partial charge in [-0.05, 0) is 37.1 Å². The third-order valence-corrected chi connectivity index (χ3v) is 4.10. The van der Waals surface area contributed by atoms with Crippen LogP contribution in [0.15, 0.2) is 40.3 Å². The SMILES string of the molecule is CCCc1cc(=O)[nH]c(SCCCOc2ccc(Cl)cc2)n1. The zero-order chi connectivity index (χ0) is 15.8. The van der Waals surface area contributed by atoms with Crippen molar-refractivity contribution in [1.29, 1.82) is 0 Å². The van der Waals surface area contributed by atoms with Crippen LogP contribution in [0.1, 0.15) is 25.5 Å². The summed E-state index contributed by atoms with van der Waals surface area (Å²) in [5.74, 6) is 1.65. The summed E-state index contributed by atoms with van der Waals surface area (Å²) < 4.78 is 5.62. The largest absolute Gasteiger partial charge is 0.494 e. The van der Waals surface area contributed by atoms with Gasteiger partial charge in [0.1, 0.15) is 5.75 Å². The summed E-state index contributed by atoms with van der Waals surface area (Å²) in [5.41, 5.74) is 0.768. The van der Waals surface area contributed by atoms with E-state index in [9.17, 15) is 4.79 Å². The second-order valence-electron chi connectivity index (χ2n) is 4.80. The van der Waals surface area contributed by atoms with Gasteiger partial charge < -0.3 is 9.72 Å². The molecule has 0 atom stereocenters. The molecule has 6 heteroatoms. The lowest BCUT2D eigenvalue weighted by molar-refractivity contribution is 0.318. The van der Waals surface area contributed by atoms with Gasteiger partial charge in [0.15, 0.2) is 5.16 Å². The molecule has 0 aliphatic heterocycles. The van der Waals surface area contributed by atoms with Crippen LogP contribution in [0.5, 0.6) is 5.75 Å². The van der Waals surface area contributed by atoms with Crippen LogP contribution in [0.4, 0.5) is 0 Å². The monoisotopic (exact) mass is 338 g/mol. The Bertz CT molecular complexity index is 643. The summed E-state index contributed by atoms with van der Waals surface area (Å²) in [6.45, 7) is 2.69. The maximum atomic E-state index is 11.5. The Morgan fingerprint density at radius 3 is 2.82 bits per heavy atom. The Labute approximate surface area is 139 Å². The van der Waals surface area contributed by atoms with Crippen molar-refractivity contribution in [2.45, 2.75) is 31.3 Å². The number of nitrogens with zero attached hydrogens (tertiary/aromatic N) is 1. The van der Waals surface area contributed by atoms with E-state index in [1.165, 1.54) is 0 Å². The summed E-state index contributed by atoms with van der Waals surface area (Å²) in [5, 5.41) is 1.38. The summed E-state index contributed by atoms with van der Waals surface area (Å²) in [7, 11) is 0. The van der Waals surface area contributed by atoms with E-state index in [1.54, 1.807) is 30.0 Å². The standard InChI is InChI=1S/C16H19ClN2O2S/c1-2-4-13-11-15(20)19-16(18-13)22-10-3-9-21-14-7-5-12(17)6-8-14/h5-8,11H,2-4,9-10H2,1H3,(H,18,19,20). The van der Waals surface area contributed by atoms with E-state index in [0.29, 0.717) is 16.8 Å². The number of ether oxygens (including phenoxy) is 1. The summed E-state index contributed by atoms with van der Waals surface area (Å²) >= 11 is 7.36. The predicted octanol–water partition coefficient (Wildman–Crippen LogP) is 3.94. The van der Waals surface area contributed by atoms with Crippen molar-refractivity contribution >= 4 is 23.4 Å². The van der Waals surface area contributed by atoms with Gasteiger partial charge in [0.05, 0.1) is 6.61 Å². The van der Waals surface area contributed by atoms with Gasteiger partial charge >= 0.3 is 0 Å². The zero-order valence-electron chi connectivity index (χ0n) is 12.5. The van der Waals surface area contributed by atoms with Gasteiger partial charge in [-0.3, -0.25) is 4.79 Å². The maximum Gasteiger partial charge on any atom is 0.251 e. The molecular formula is C16H19ClN2O2S. The molecule has 1 heterocycles. The van der Waals surface area contributed by atoms with Crippen LogP contribution in [0, 0.1) is 0 Å². The molecule has 0 spiro atoms. The Morgan fingerprint density at radius 2 is 2.09 bits per heavy atom. The highest BCUT2D eigenvalue weighted by Gasteiger charge is 2.02. The topological polar surface area (TPSA) is 55.0 Å². The second kappa shape index (κ2) is 8.86. The molecule has 0 fully saturated rings. The average molecular weight is 339 g/mol. The summed E-state index contributed by atoms with van der Waals surface area (Å²) in [6.07, 6.45) is 2.68. The van der Waals surface area contributed by atoms with Crippen molar-refractivity contribution in [2.24, 2.45) is 0 Å². The molecular weight excluding hydrogens is 320 g/mol. The molecule has 0 saturated carbocycles. The Kier molecular flexibility index (Phi) is 6.80. The van der Waals surface area contributed by atoms with E-state index in [0.717, 1.165) is 36.5 Å². The number of rotatable bonds is 8. The first-order chi connectivity index (χ1) is 10.7. The van der Waals surface area contributed by atoms with Gasteiger partial charge in [0.25, 0.3) is 5.56 Å². The molecule has 0 bridgehead atoms. The Hall–Kier alpha value is -1.46. The number of H-pyrrole nitrogens is 1. The first-order valence-corrected chi connectivity index (χ1v) is 8.65. The van der Waals surface area contributed by atoms with Crippen LogP contribution in [0.25, 0.3) is 0 Å². The molecule has 0 aliphatic carbocycles. The first kappa shape index (κ1) is 16.9. The molecule has 118 valence electrons. The van der Waals surface area contributed by atoms with Crippen LogP contribution in [-0.2, 0) is 6.42 Å². The number of benzene rings is 1. The van der Waals surface area contributed by atoms with Crippen LogP contribution in [-0.4, -0.2) is 22.3 Å². The minimum atomic E-state index is -0.0848. The molecule has 2 rings (SSSR count). The van der Waals surface area contributed by atoms with Crippen LogP contribution in [0.3, 0.4) is 0 Å². The minimum absolute atomic E-state index is 0.0848. The molecule has 1 N–H and O–H groups in total. The van der Waals surface area contributed by atoms with Crippen molar-refractivity contribution in [3.8, 4) is 5.75 Å². The second-order valence-corrected chi connectivity index (χ2v) is 6.32. The Balaban J connectivity index is 1.74. The third-order valence-electron chi connectivity index (χ3n) is 2.89. The highest BCUT2D eigenvalue weighted by molar-refractivity contribution is 7.99. The van der Waals surface area contributed by atoms with E-state index < -0.39 is 0 Å². The van der Waals surface area contributed by atoms with Crippen molar-refractivity contribution in [2.75, 3.05) is 12.4 Å². The lowest BCUT2D eigenvalue weighted by Gasteiger charge is -2.06. The highest BCUT2D eigenvalue weighted by atomic mass is 35.5. The van der Waals surface area contributed by atoms with E-state index in [-0.39, 0.29) is 5.56 Å². The van der Waals surface area contributed by atoms with E-state index in [2.05, 4.69) is 16.9 Å². The van der Waals surface area contributed by atoms with Gasteiger partial charge in [-0.1, -0.05) is 36.7 Å². The van der Waals surface area contributed by atoms with Crippen LogP contribution in [0.2, 0.25) is 5.02 Å². The van der Waals surface area contributed by atoms with Crippen molar-refractivity contribution in [3.05, 3.63) is 51.4 Å². The van der Waals surface area contributed by atoms with Crippen LogP contribution >= 0.6 is 23.4 Å². The molecule has 0 aliphatic rings. The van der Waals surface area contributed by atoms with Crippen LogP contribution < -0.4 is 10.3 Å². The minimum Gasteiger partial charge on any atom is -0.494 e. The molecule has 0 amide bonds. The van der Waals surface area contributed by atoms with E-state index in [4.69, 9.17) is 16.3 Å². The lowest BCUT2D eigenvalue weighted by atomic mass is 10.2. The molecule has 1 aromatic carbocycles.